The molecule has 0 atom stereocenters. The van der Waals surface area contributed by atoms with Gasteiger partial charge in [-0.15, -0.1) is 0 Å². The van der Waals surface area contributed by atoms with Crippen LogP contribution < -0.4 is 19.4 Å². The third-order valence-corrected chi connectivity index (χ3v) is 6.95. The average molecular weight is 520 g/mol. The van der Waals surface area contributed by atoms with E-state index in [9.17, 15) is 0 Å². The Balaban J connectivity index is 1.23. The largest absolute Gasteiger partial charge is 0.381 e. The van der Waals surface area contributed by atoms with Crippen molar-refractivity contribution in [2.75, 3.05) is 24.3 Å². The topological polar surface area (TPSA) is 46.9 Å². The molecule has 2 heterocycles. The number of anilines is 2. The molecule has 0 unspecified atom stereocenters. The molecule has 5 nitrogen and oxygen atoms in total. The van der Waals surface area contributed by atoms with Crippen molar-refractivity contribution in [3.8, 4) is 0 Å². The minimum Gasteiger partial charge on any atom is -0.381 e. The predicted octanol–water partition coefficient (Wildman–Crippen LogP) is 6.37. The van der Waals surface area contributed by atoms with E-state index < -0.39 is 0 Å². The highest BCUT2D eigenvalue weighted by Gasteiger charge is 2.10. The molecule has 0 aliphatic carbocycles. The molecule has 0 aliphatic heterocycles. The van der Waals surface area contributed by atoms with Crippen LogP contribution in [0.2, 0.25) is 0 Å². The van der Waals surface area contributed by atoms with Gasteiger partial charge in [-0.05, 0) is 54.8 Å². The molecule has 4 aromatic rings. The predicted molar refractivity (Wildman–Crippen MR) is 163 cm³/mol. The first-order valence-electron chi connectivity index (χ1n) is 13.9. The van der Waals surface area contributed by atoms with Crippen molar-refractivity contribution in [2.45, 2.75) is 45.3 Å². The van der Waals surface area contributed by atoms with Crippen LogP contribution in [0.25, 0.3) is 12.2 Å². The van der Waals surface area contributed by atoms with Crippen molar-refractivity contribution < 1.29 is 9.13 Å². The second-order valence-corrected chi connectivity index (χ2v) is 10.1. The maximum Gasteiger partial charge on any atom is 0.205 e. The fourth-order valence-electron chi connectivity index (χ4n) is 4.62. The lowest BCUT2D eigenvalue weighted by Gasteiger charge is -2.11. The zero-order valence-electron chi connectivity index (χ0n) is 23.3. The van der Waals surface area contributed by atoms with Crippen LogP contribution in [0.5, 0.6) is 0 Å². The number of nitrogens with one attached hydrogen (secondary N) is 2. The van der Waals surface area contributed by atoms with E-state index in [0.717, 1.165) is 42.7 Å². The van der Waals surface area contributed by atoms with Crippen LogP contribution in [-0.2, 0) is 19.6 Å². The molecule has 0 saturated heterocycles. The number of hydrogen-bond acceptors (Lipinski definition) is 3. The summed E-state index contributed by atoms with van der Waals surface area (Å²) in [5, 5.41) is 11.2. The Labute approximate surface area is 233 Å². The van der Waals surface area contributed by atoms with Crippen molar-refractivity contribution in [1.29, 1.82) is 5.41 Å². The maximum absolute atomic E-state index is 7.76. The summed E-state index contributed by atoms with van der Waals surface area (Å²) in [6.07, 6.45) is 17.0. The number of aryl methyl sites for hydroxylation is 2. The lowest BCUT2D eigenvalue weighted by Crippen LogP contribution is -2.36. The van der Waals surface area contributed by atoms with Gasteiger partial charge in [0, 0.05) is 86.5 Å². The SMILES string of the molecule is CN(C)c1ccc(/C=C/c2cccc[n+]2CCCCCC[n+]2ccc(C=N)c(CNc3ccccc3)c2)cc1. The molecule has 0 spiro atoms. The van der Waals surface area contributed by atoms with Crippen LogP contribution in [0, 0.1) is 5.41 Å². The molecular formula is C34H41N5+2. The zero-order valence-corrected chi connectivity index (χ0v) is 23.3. The van der Waals surface area contributed by atoms with Crippen LogP contribution in [0.3, 0.4) is 0 Å². The van der Waals surface area contributed by atoms with E-state index in [1.165, 1.54) is 36.0 Å². The first-order valence-corrected chi connectivity index (χ1v) is 13.9. The van der Waals surface area contributed by atoms with Gasteiger partial charge in [-0.25, -0.2) is 4.57 Å². The minimum atomic E-state index is 0.710. The second-order valence-electron chi connectivity index (χ2n) is 10.1. The Hall–Kier alpha value is -4.25. The number of rotatable bonds is 14. The number of hydrogen-bond donors (Lipinski definition) is 2. The Kier molecular flexibility index (Phi) is 10.4. The van der Waals surface area contributed by atoms with Crippen LogP contribution >= 0.6 is 0 Å². The molecule has 2 aromatic carbocycles. The molecule has 4 rings (SSSR count). The highest BCUT2D eigenvalue weighted by atomic mass is 15.1. The van der Waals surface area contributed by atoms with Gasteiger partial charge in [0.2, 0.25) is 5.69 Å². The second kappa shape index (κ2) is 14.6. The van der Waals surface area contributed by atoms with Crippen molar-refractivity contribution in [3.63, 3.8) is 0 Å². The van der Waals surface area contributed by atoms with Crippen LogP contribution in [0.1, 0.15) is 48.1 Å². The number of aromatic nitrogens is 2. The van der Waals surface area contributed by atoms with Crippen molar-refractivity contribution >= 4 is 29.7 Å². The van der Waals surface area contributed by atoms with E-state index in [4.69, 9.17) is 5.41 Å². The lowest BCUT2D eigenvalue weighted by molar-refractivity contribution is -0.700. The molecule has 0 bridgehead atoms. The first-order chi connectivity index (χ1) is 19.1. The van der Waals surface area contributed by atoms with Gasteiger partial charge in [-0.1, -0.05) is 30.3 Å². The van der Waals surface area contributed by atoms with E-state index in [0.29, 0.717) is 6.54 Å². The van der Waals surface area contributed by atoms with Gasteiger partial charge >= 0.3 is 0 Å². The van der Waals surface area contributed by atoms with Crippen LogP contribution in [0.15, 0.2) is 97.5 Å². The fraction of sp³-hybridized carbons (Fsp3) is 0.265. The molecule has 5 heteroatoms. The van der Waals surface area contributed by atoms with E-state index in [1.807, 2.05) is 24.3 Å². The third-order valence-electron chi connectivity index (χ3n) is 6.95. The van der Waals surface area contributed by atoms with Gasteiger partial charge in [0.15, 0.2) is 18.6 Å². The number of nitrogens with zero attached hydrogens (tertiary/aromatic N) is 3. The van der Waals surface area contributed by atoms with E-state index >= 15 is 0 Å². The molecule has 2 aromatic heterocycles. The third kappa shape index (κ3) is 8.64. The summed E-state index contributed by atoms with van der Waals surface area (Å²) in [5.74, 6) is 0. The fourth-order valence-corrected chi connectivity index (χ4v) is 4.62. The molecule has 0 radical (unpaired) electrons. The van der Waals surface area contributed by atoms with Crippen molar-refractivity contribution in [2.24, 2.45) is 0 Å². The lowest BCUT2D eigenvalue weighted by atomic mass is 10.1. The van der Waals surface area contributed by atoms with E-state index in [-0.39, 0.29) is 0 Å². The van der Waals surface area contributed by atoms with Crippen LogP contribution in [-0.4, -0.2) is 20.3 Å². The molecule has 0 aliphatic rings. The Morgan fingerprint density at radius 1 is 0.769 bits per heavy atom. The van der Waals surface area contributed by atoms with E-state index in [1.54, 1.807) is 0 Å². The maximum atomic E-state index is 7.76. The number of benzene rings is 2. The van der Waals surface area contributed by atoms with Gasteiger partial charge in [0.1, 0.15) is 13.1 Å². The van der Waals surface area contributed by atoms with Gasteiger partial charge in [-0.2, -0.15) is 4.57 Å². The number of pyridine rings is 2. The molecule has 39 heavy (non-hydrogen) atoms. The van der Waals surface area contributed by atoms with Crippen molar-refractivity contribution in [1.82, 2.24) is 0 Å². The summed E-state index contributed by atoms with van der Waals surface area (Å²) >= 11 is 0. The van der Waals surface area contributed by atoms with Gasteiger partial charge in [0.05, 0.1) is 0 Å². The quantitative estimate of drug-likeness (QED) is 0.116. The standard InChI is InChI=1S/C34H41N5/c1-37(2)33-18-15-29(16-19-33)17-20-34-14-8-11-24-39(34)23-10-4-3-9-22-38-25-21-30(26-35)31(28-38)27-36-32-12-6-5-7-13-32/h5-8,11-21,24-26,28,35-36H,3-4,9-10,22-23,27H2,1-2H3/q+2. The van der Waals surface area contributed by atoms with E-state index in [2.05, 4.69) is 119 Å². The molecule has 200 valence electrons. The molecular weight excluding hydrogens is 478 g/mol. The summed E-state index contributed by atoms with van der Waals surface area (Å²) < 4.78 is 4.61. The summed E-state index contributed by atoms with van der Waals surface area (Å²) in [5.41, 5.74) is 6.85. The number of para-hydroxylation sites is 1. The number of unbranched alkanes of at least 4 members (excludes halogenated alkanes) is 3. The summed E-state index contributed by atoms with van der Waals surface area (Å²) in [6.45, 7) is 2.73. The first kappa shape index (κ1) is 27.8. The van der Waals surface area contributed by atoms with Crippen LogP contribution in [0.4, 0.5) is 11.4 Å². The van der Waals surface area contributed by atoms with Gasteiger partial charge in [-0.3, -0.25) is 0 Å². The average Bonchev–Trinajstić information content (AvgIpc) is 2.98. The Morgan fingerprint density at radius 3 is 2.26 bits per heavy atom. The molecule has 0 amide bonds. The molecule has 0 fully saturated rings. The highest BCUT2D eigenvalue weighted by molar-refractivity contribution is 5.78. The van der Waals surface area contributed by atoms with Crippen molar-refractivity contribution in [3.05, 3.63) is 120 Å². The molecule has 2 N–H and O–H groups in total. The minimum absolute atomic E-state index is 0.710. The smallest absolute Gasteiger partial charge is 0.205 e. The summed E-state index contributed by atoms with van der Waals surface area (Å²) in [7, 11) is 4.13. The zero-order chi connectivity index (χ0) is 27.3. The highest BCUT2D eigenvalue weighted by Crippen LogP contribution is 2.14. The van der Waals surface area contributed by atoms with Gasteiger partial charge in [0.25, 0.3) is 0 Å². The molecule has 0 saturated carbocycles. The normalized spacial score (nSPS) is 11.0. The summed E-state index contributed by atoms with van der Waals surface area (Å²) in [4.78, 5) is 2.12. The summed E-state index contributed by atoms with van der Waals surface area (Å²) in [6, 6.07) is 27.3. The Bertz CT molecular complexity index is 1340. The van der Waals surface area contributed by atoms with Gasteiger partial charge < -0.3 is 15.6 Å². The monoisotopic (exact) mass is 519 g/mol. The Morgan fingerprint density at radius 2 is 1.51 bits per heavy atom.